The van der Waals surface area contributed by atoms with Gasteiger partial charge >= 0.3 is 5.97 Å². The Morgan fingerprint density at radius 2 is 0.737 bits per heavy atom. The van der Waals surface area contributed by atoms with E-state index in [4.69, 9.17) is 9.47 Å². The fourth-order valence-corrected chi connectivity index (χ4v) is 7.59. The zero-order chi connectivity index (χ0) is 41.2. The first-order chi connectivity index (χ1) is 28.2. The number of allylic oxidation sites excluding steroid dienone is 6. The van der Waals surface area contributed by atoms with E-state index in [0.29, 0.717) is 19.6 Å². The van der Waals surface area contributed by atoms with Gasteiger partial charge in [0.05, 0.1) is 13.2 Å². The summed E-state index contributed by atoms with van der Waals surface area (Å²) in [5, 5.41) is 9.65. The molecule has 0 aromatic rings. The number of carbonyl (C=O) groups is 1. The predicted molar refractivity (Wildman–Crippen MR) is 251 cm³/mol. The largest absolute Gasteiger partial charge is 0.457 e. The highest BCUT2D eigenvalue weighted by molar-refractivity contribution is 5.69. The molecular formula is C53H100O4. The smallest absolute Gasteiger partial charge is 0.306 e. The van der Waals surface area contributed by atoms with Crippen LogP contribution in [0, 0.1) is 0 Å². The van der Waals surface area contributed by atoms with E-state index >= 15 is 0 Å². The number of esters is 1. The third kappa shape index (κ3) is 48.9. The third-order valence-electron chi connectivity index (χ3n) is 11.4. The van der Waals surface area contributed by atoms with Gasteiger partial charge in [-0.25, -0.2) is 0 Å². The monoisotopic (exact) mass is 801 g/mol. The highest BCUT2D eigenvalue weighted by Gasteiger charge is 2.13. The minimum absolute atomic E-state index is 0.171. The molecule has 336 valence electrons. The number of unbranched alkanes of at least 4 members (excludes halogenated alkanes) is 34. The first-order valence-electron chi connectivity index (χ1n) is 25.6. The second-order valence-corrected chi connectivity index (χ2v) is 17.2. The van der Waals surface area contributed by atoms with Crippen LogP contribution in [0.25, 0.3) is 0 Å². The Kier molecular flexibility index (Phi) is 49.5. The standard InChI is InChI=1S/C53H100O4/c1-3-5-7-9-11-13-15-17-19-21-23-25-27-28-30-32-34-36-38-40-42-44-46-48-53(55)57-52(50-54)51-56-49-47-45-43-41-39-37-35-33-31-29-26-24-22-20-18-16-14-12-10-8-6-4-2/h16,18,21-24,52,54H,3-15,17,19-20,25-51H2,1-2H3/b18-16-,23-21-,24-22-. The van der Waals surface area contributed by atoms with E-state index in [1.807, 2.05) is 0 Å². The zero-order valence-corrected chi connectivity index (χ0v) is 38.6. The van der Waals surface area contributed by atoms with Crippen molar-refractivity contribution in [2.45, 2.75) is 277 Å². The minimum atomic E-state index is -0.536. The molecule has 0 amide bonds. The third-order valence-corrected chi connectivity index (χ3v) is 11.4. The van der Waals surface area contributed by atoms with Crippen molar-refractivity contribution in [3.63, 3.8) is 0 Å². The van der Waals surface area contributed by atoms with Crippen molar-refractivity contribution in [2.24, 2.45) is 0 Å². The van der Waals surface area contributed by atoms with Gasteiger partial charge in [-0.3, -0.25) is 4.79 Å². The van der Waals surface area contributed by atoms with Crippen LogP contribution in [0.2, 0.25) is 0 Å². The van der Waals surface area contributed by atoms with Crippen LogP contribution in [-0.4, -0.2) is 37.0 Å². The summed E-state index contributed by atoms with van der Waals surface area (Å²) in [5.41, 5.74) is 0. The number of carbonyl (C=O) groups excluding carboxylic acids is 1. The number of hydrogen-bond donors (Lipinski definition) is 1. The zero-order valence-electron chi connectivity index (χ0n) is 38.6. The molecule has 0 spiro atoms. The van der Waals surface area contributed by atoms with Gasteiger partial charge in [0.15, 0.2) is 0 Å². The van der Waals surface area contributed by atoms with Crippen LogP contribution in [0.15, 0.2) is 36.5 Å². The average molecular weight is 801 g/mol. The van der Waals surface area contributed by atoms with Crippen LogP contribution >= 0.6 is 0 Å². The Bertz CT molecular complexity index is 848. The van der Waals surface area contributed by atoms with Crippen LogP contribution in [0.5, 0.6) is 0 Å². The van der Waals surface area contributed by atoms with Gasteiger partial charge in [-0.05, 0) is 70.6 Å². The lowest BCUT2D eigenvalue weighted by molar-refractivity contribution is -0.154. The van der Waals surface area contributed by atoms with Crippen molar-refractivity contribution in [1.29, 1.82) is 0 Å². The lowest BCUT2D eigenvalue weighted by atomic mass is 10.0. The minimum Gasteiger partial charge on any atom is -0.457 e. The molecular weight excluding hydrogens is 701 g/mol. The molecule has 1 atom stereocenters. The Hall–Kier alpha value is -1.39. The molecule has 0 aromatic heterocycles. The van der Waals surface area contributed by atoms with Gasteiger partial charge in [0.1, 0.15) is 6.10 Å². The summed E-state index contributed by atoms with van der Waals surface area (Å²) in [6.07, 6.45) is 65.2. The molecule has 0 rings (SSSR count). The second-order valence-electron chi connectivity index (χ2n) is 17.2. The normalized spacial score (nSPS) is 12.5. The molecule has 0 fully saturated rings. The van der Waals surface area contributed by atoms with Crippen LogP contribution in [-0.2, 0) is 14.3 Å². The van der Waals surface area contributed by atoms with E-state index < -0.39 is 6.10 Å². The second kappa shape index (κ2) is 50.8. The molecule has 0 aliphatic rings. The van der Waals surface area contributed by atoms with Gasteiger partial charge in [-0.2, -0.15) is 0 Å². The van der Waals surface area contributed by atoms with E-state index in [9.17, 15) is 9.90 Å². The topological polar surface area (TPSA) is 55.8 Å². The Balaban J connectivity index is 3.39. The molecule has 0 bridgehead atoms. The summed E-state index contributed by atoms with van der Waals surface area (Å²) in [7, 11) is 0. The van der Waals surface area contributed by atoms with Crippen molar-refractivity contribution in [2.75, 3.05) is 19.8 Å². The number of hydrogen-bond acceptors (Lipinski definition) is 4. The first kappa shape index (κ1) is 55.6. The number of aliphatic hydroxyl groups excluding tert-OH is 1. The molecule has 1 unspecified atom stereocenters. The lowest BCUT2D eigenvalue weighted by Crippen LogP contribution is -2.27. The number of ether oxygens (including phenoxy) is 2. The molecule has 0 saturated carbocycles. The molecule has 0 aliphatic carbocycles. The van der Waals surface area contributed by atoms with Crippen molar-refractivity contribution in [3.05, 3.63) is 36.5 Å². The van der Waals surface area contributed by atoms with E-state index in [0.717, 1.165) is 25.7 Å². The summed E-state index contributed by atoms with van der Waals surface area (Å²) in [6.45, 7) is 5.37. The van der Waals surface area contributed by atoms with E-state index in [1.165, 1.54) is 225 Å². The fourth-order valence-electron chi connectivity index (χ4n) is 7.59. The average Bonchev–Trinajstić information content (AvgIpc) is 3.22. The Labute approximate surface area is 357 Å². The van der Waals surface area contributed by atoms with E-state index in [1.54, 1.807) is 0 Å². The van der Waals surface area contributed by atoms with Crippen molar-refractivity contribution < 1.29 is 19.4 Å². The molecule has 1 N–H and O–H groups in total. The number of rotatable bonds is 48. The maximum Gasteiger partial charge on any atom is 0.306 e. The summed E-state index contributed by atoms with van der Waals surface area (Å²) in [5.74, 6) is -0.199. The van der Waals surface area contributed by atoms with Crippen molar-refractivity contribution >= 4 is 5.97 Å². The van der Waals surface area contributed by atoms with Crippen molar-refractivity contribution in [3.8, 4) is 0 Å². The molecule has 0 heterocycles. The molecule has 4 nitrogen and oxygen atoms in total. The van der Waals surface area contributed by atoms with Gasteiger partial charge in [0, 0.05) is 13.0 Å². The predicted octanol–water partition coefficient (Wildman–Crippen LogP) is 17.2. The summed E-state index contributed by atoms with van der Waals surface area (Å²) >= 11 is 0. The van der Waals surface area contributed by atoms with Gasteiger partial charge < -0.3 is 14.6 Å². The van der Waals surface area contributed by atoms with E-state index in [-0.39, 0.29) is 12.6 Å². The maximum absolute atomic E-state index is 12.3. The Morgan fingerprint density at radius 1 is 0.421 bits per heavy atom. The van der Waals surface area contributed by atoms with Gasteiger partial charge in [0.25, 0.3) is 0 Å². The molecule has 4 heteroatoms. The molecule has 57 heavy (non-hydrogen) atoms. The van der Waals surface area contributed by atoms with Gasteiger partial charge in [0.2, 0.25) is 0 Å². The highest BCUT2D eigenvalue weighted by atomic mass is 16.6. The SMILES string of the molecule is CCCCCCC/C=C\C/C=C\CCCCCCCCCCCCOCC(CO)OC(=O)CCCCCCCCCCCCC/C=C\CCCCCCCCCC. The molecule has 0 aliphatic heterocycles. The molecule has 0 aromatic carbocycles. The molecule has 0 saturated heterocycles. The van der Waals surface area contributed by atoms with E-state index in [2.05, 4.69) is 50.3 Å². The highest BCUT2D eigenvalue weighted by Crippen LogP contribution is 2.15. The van der Waals surface area contributed by atoms with Crippen molar-refractivity contribution in [1.82, 2.24) is 0 Å². The molecule has 0 radical (unpaired) electrons. The maximum atomic E-state index is 12.3. The summed E-state index contributed by atoms with van der Waals surface area (Å²) in [6, 6.07) is 0. The van der Waals surface area contributed by atoms with Crippen LogP contribution in [0.3, 0.4) is 0 Å². The summed E-state index contributed by atoms with van der Waals surface area (Å²) < 4.78 is 11.2. The number of aliphatic hydroxyl groups is 1. The quantitative estimate of drug-likeness (QED) is 0.0378. The Morgan fingerprint density at radius 3 is 1.11 bits per heavy atom. The first-order valence-corrected chi connectivity index (χ1v) is 25.6. The van der Waals surface area contributed by atoms with Crippen LogP contribution in [0.4, 0.5) is 0 Å². The summed E-state index contributed by atoms with van der Waals surface area (Å²) in [4.78, 5) is 12.3. The lowest BCUT2D eigenvalue weighted by Gasteiger charge is -2.16. The van der Waals surface area contributed by atoms with Gasteiger partial charge in [-0.15, -0.1) is 0 Å². The fraction of sp³-hybridized carbons (Fsp3) is 0.868. The van der Waals surface area contributed by atoms with Crippen LogP contribution in [0.1, 0.15) is 271 Å². The van der Waals surface area contributed by atoms with Gasteiger partial charge in [-0.1, -0.05) is 230 Å². The van der Waals surface area contributed by atoms with Crippen LogP contribution < -0.4 is 0 Å².